The van der Waals surface area contributed by atoms with E-state index in [4.69, 9.17) is 0 Å². The van der Waals surface area contributed by atoms with E-state index in [-0.39, 0.29) is 11.5 Å². The molecule has 0 saturated heterocycles. The molecule has 2 aromatic carbocycles. The zero-order valence-corrected chi connectivity index (χ0v) is 10.4. The molecule has 5 nitrogen and oxygen atoms in total. The number of hydrogen-bond acceptors (Lipinski definition) is 5. The molecular formula is C15H11N3O2. The molecule has 0 radical (unpaired) electrons. The Hall–Kier alpha value is -2.95. The fraction of sp³-hybridized carbons (Fsp3) is 0. The summed E-state index contributed by atoms with van der Waals surface area (Å²) in [5, 5.41) is 31.3. The number of para-hydroxylation sites is 2. The van der Waals surface area contributed by atoms with Gasteiger partial charge in [0.25, 0.3) is 0 Å². The Balaban J connectivity index is 2.25. The molecule has 0 spiro atoms. The molecule has 98 valence electrons. The fourth-order valence-corrected chi connectivity index (χ4v) is 2.04. The van der Waals surface area contributed by atoms with Crippen LogP contribution in [0, 0.1) is 0 Å². The Morgan fingerprint density at radius 3 is 1.95 bits per heavy atom. The van der Waals surface area contributed by atoms with Crippen molar-refractivity contribution in [2.24, 2.45) is 0 Å². The number of rotatable bonds is 2. The van der Waals surface area contributed by atoms with Gasteiger partial charge in [-0.05, 0) is 23.4 Å². The van der Waals surface area contributed by atoms with Crippen molar-refractivity contribution in [3.63, 3.8) is 0 Å². The lowest BCUT2D eigenvalue weighted by molar-refractivity contribution is 0.475. The lowest BCUT2D eigenvalue weighted by atomic mass is 10.00. The average Bonchev–Trinajstić information content (AvgIpc) is 2.48. The van der Waals surface area contributed by atoms with Crippen LogP contribution in [0.2, 0.25) is 0 Å². The van der Waals surface area contributed by atoms with E-state index in [0.29, 0.717) is 22.4 Å². The largest absolute Gasteiger partial charge is 0.507 e. The maximum atomic E-state index is 9.97. The highest BCUT2D eigenvalue weighted by Gasteiger charge is 2.15. The summed E-state index contributed by atoms with van der Waals surface area (Å²) >= 11 is 0. The number of hydrogen-bond donors (Lipinski definition) is 2. The average molecular weight is 265 g/mol. The topological polar surface area (TPSA) is 79.1 Å². The molecule has 3 aromatic rings. The summed E-state index contributed by atoms with van der Waals surface area (Å²) in [7, 11) is 0. The Morgan fingerprint density at radius 1 is 0.700 bits per heavy atom. The van der Waals surface area contributed by atoms with Crippen LogP contribution in [0.3, 0.4) is 0 Å². The Labute approximate surface area is 115 Å². The number of aromatic hydroxyl groups is 2. The summed E-state index contributed by atoms with van der Waals surface area (Å²) in [5.41, 5.74) is 2.22. The summed E-state index contributed by atoms with van der Waals surface area (Å²) in [5.74, 6) is 0.226. The van der Waals surface area contributed by atoms with E-state index in [2.05, 4.69) is 15.4 Å². The highest BCUT2D eigenvalue weighted by Crippen LogP contribution is 2.37. The van der Waals surface area contributed by atoms with E-state index in [1.54, 1.807) is 42.5 Å². The van der Waals surface area contributed by atoms with Gasteiger partial charge in [-0.2, -0.15) is 0 Å². The van der Waals surface area contributed by atoms with Crippen LogP contribution >= 0.6 is 0 Å². The number of benzene rings is 2. The zero-order chi connectivity index (χ0) is 13.9. The SMILES string of the molecule is Oc1ccccc1-c1cnnnc1-c1ccccc1O. The molecule has 0 aliphatic rings. The molecule has 1 heterocycles. The third-order valence-electron chi connectivity index (χ3n) is 2.99. The number of nitrogens with zero attached hydrogens (tertiary/aromatic N) is 3. The van der Waals surface area contributed by atoms with E-state index in [9.17, 15) is 10.2 Å². The molecule has 3 rings (SSSR count). The molecule has 1 aromatic heterocycles. The van der Waals surface area contributed by atoms with Crippen LogP contribution in [0.15, 0.2) is 54.7 Å². The standard InChI is InChI=1S/C15H11N3O2/c19-13-7-3-1-5-10(13)12-9-16-18-17-15(12)11-6-2-4-8-14(11)20/h1-9,19-20H. The smallest absolute Gasteiger partial charge is 0.125 e. The van der Waals surface area contributed by atoms with Gasteiger partial charge in [0.2, 0.25) is 0 Å². The molecule has 0 unspecified atom stereocenters. The van der Waals surface area contributed by atoms with E-state index in [1.807, 2.05) is 6.07 Å². The summed E-state index contributed by atoms with van der Waals surface area (Å²) in [6.45, 7) is 0. The summed E-state index contributed by atoms with van der Waals surface area (Å²) in [4.78, 5) is 0. The van der Waals surface area contributed by atoms with E-state index >= 15 is 0 Å². The summed E-state index contributed by atoms with van der Waals surface area (Å²) < 4.78 is 0. The molecule has 20 heavy (non-hydrogen) atoms. The van der Waals surface area contributed by atoms with Crippen LogP contribution < -0.4 is 0 Å². The van der Waals surface area contributed by atoms with Crippen LogP contribution in [0.25, 0.3) is 22.4 Å². The predicted octanol–water partition coefficient (Wildman–Crippen LogP) is 2.62. The first-order valence-electron chi connectivity index (χ1n) is 6.02. The first-order valence-corrected chi connectivity index (χ1v) is 6.02. The lowest BCUT2D eigenvalue weighted by Gasteiger charge is -2.09. The van der Waals surface area contributed by atoms with Crippen molar-refractivity contribution in [1.29, 1.82) is 0 Å². The highest BCUT2D eigenvalue weighted by atomic mass is 16.3. The second kappa shape index (κ2) is 4.97. The van der Waals surface area contributed by atoms with Crippen LogP contribution in [-0.2, 0) is 0 Å². The van der Waals surface area contributed by atoms with Crippen molar-refractivity contribution in [3.8, 4) is 33.9 Å². The maximum Gasteiger partial charge on any atom is 0.125 e. The van der Waals surface area contributed by atoms with Gasteiger partial charge < -0.3 is 10.2 Å². The summed E-state index contributed by atoms with van der Waals surface area (Å²) in [6.07, 6.45) is 1.52. The van der Waals surface area contributed by atoms with E-state index in [1.165, 1.54) is 6.20 Å². The van der Waals surface area contributed by atoms with Gasteiger partial charge in [0.15, 0.2) is 0 Å². The van der Waals surface area contributed by atoms with Gasteiger partial charge in [-0.1, -0.05) is 30.3 Å². The molecule has 0 fully saturated rings. The van der Waals surface area contributed by atoms with Gasteiger partial charge in [-0.3, -0.25) is 0 Å². The molecule has 0 bridgehead atoms. The summed E-state index contributed by atoms with van der Waals surface area (Å²) in [6, 6.07) is 13.7. The minimum atomic E-state index is 0.102. The maximum absolute atomic E-state index is 9.97. The Bertz CT molecular complexity index is 695. The Morgan fingerprint density at radius 2 is 1.30 bits per heavy atom. The van der Waals surface area contributed by atoms with Crippen LogP contribution in [0.4, 0.5) is 0 Å². The van der Waals surface area contributed by atoms with Crippen LogP contribution in [-0.4, -0.2) is 25.6 Å². The van der Waals surface area contributed by atoms with E-state index < -0.39 is 0 Å². The van der Waals surface area contributed by atoms with Gasteiger partial charge >= 0.3 is 0 Å². The molecule has 0 saturated carbocycles. The molecular weight excluding hydrogens is 254 g/mol. The van der Waals surface area contributed by atoms with Crippen molar-refractivity contribution >= 4 is 0 Å². The zero-order valence-electron chi connectivity index (χ0n) is 10.4. The van der Waals surface area contributed by atoms with Gasteiger partial charge in [0.1, 0.15) is 17.2 Å². The predicted molar refractivity (Wildman–Crippen MR) is 74.0 cm³/mol. The minimum absolute atomic E-state index is 0.102. The normalized spacial score (nSPS) is 10.4. The molecule has 0 amide bonds. The van der Waals surface area contributed by atoms with Crippen molar-refractivity contribution in [1.82, 2.24) is 15.4 Å². The quantitative estimate of drug-likeness (QED) is 0.744. The van der Waals surface area contributed by atoms with Crippen molar-refractivity contribution in [3.05, 3.63) is 54.7 Å². The number of phenols is 2. The monoisotopic (exact) mass is 265 g/mol. The van der Waals surface area contributed by atoms with Crippen LogP contribution in [0.5, 0.6) is 11.5 Å². The molecule has 0 aliphatic heterocycles. The highest BCUT2D eigenvalue weighted by molar-refractivity contribution is 5.84. The van der Waals surface area contributed by atoms with Gasteiger partial charge in [0, 0.05) is 16.7 Å². The first-order chi connectivity index (χ1) is 9.77. The third-order valence-corrected chi connectivity index (χ3v) is 2.99. The lowest BCUT2D eigenvalue weighted by Crippen LogP contribution is -1.95. The van der Waals surface area contributed by atoms with Gasteiger partial charge in [-0.15, -0.1) is 10.2 Å². The number of aromatic nitrogens is 3. The molecule has 2 N–H and O–H groups in total. The van der Waals surface area contributed by atoms with Crippen molar-refractivity contribution in [2.75, 3.05) is 0 Å². The second-order valence-corrected chi connectivity index (χ2v) is 4.23. The van der Waals surface area contributed by atoms with Crippen LogP contribution in [0.1, 0.15) is 0 Å². The fourth-order valence-electron chi connectivity index (χ4n) is 2.04. The first kappa shape index (κ1) is 12.1. The molecule has 5 heteroatoms. The van der Waals surface area contributed by atoms with Crippen molar-refractivity contribution < 1.29 is 10.2 Å². The van der Waals surface area contributed by atoms with Crippen molar-refractivity contribution in [2.45, 2.75) is 0 Å². The molecule has 0 atom stereocenters. The van der Waals surface area contributed by atoms with Gasteiger partial charge in [-0.25, -0.2) is 0 Å². The second-order valence-electron chi connectivity index (χ2n) is 4.23. The minimum Gasteiger partial charge on any atom is -0.507 e. The third kappa shape index (κ3) is 2.05. The Kier molecular flexibility index (Phi) is 3.01. The van der Waals surface area contributed by atoms with E-state index in [0.717, 1.165) is 0 Å². The number of phenolic OH excluding ortho intramolecular Hbond substituents is 2. The molecule has 0 aliphatic carbocycles. The van der Waals surface area contributed by atoms with Gasteiger partial charge in [0.05, 0.1) is 6.20 Å².